The number of aliphatic carboxylic acids is 1. The van der Waals surface area contributed by atoms with Gasteiger partial charge in [0.25, 0.3) is 0 Å². The molecule has 1 aliphatic heterocycles. The maximum Gasteiger partial charge on any atom is 0.344 e. The lowest BCUT2D eigenvalue weighted by Gasteiger charge is -2.34. The van der Waals surface area contributed by atoms with Gasteiger partial charge in [-0.3, -0.25) is 9.36 Å². The normalized spacial score (nSPS) is 18.7. The number of nitrogens with zero attached hydrogens (tertiary/aromatic N) is 2. The summed E-state index contributed by atoms with van der Waals surface area (Å²) in [5, 5.41) is 15.4. The number of hydrogen-bond donors (Lipinski definition) is 2. The van der Waals surface area contributed by atoms with Crippen LogP contribution in [-0.2, 0) is 15.1 Å². The molecule has 2 heterocycles. The average Bonchev–Trinajstić information content (AvgIpc) is 2.69. The molecule has 0 atom stereocenters. The van der Waals surface area contributed by atoms with Crippen molar-refractivity contribution in [3.8, 4) is 0 Å². The van der Waals surface area contributed by atoms with E-state index >= 15 is 0 Å². The van der Waals surface area contributed by atoms with E-state index in [4.69, 9.17) is 9.84 Å². The number of carboxylic acid groups (broad SMARTS) is 1. The van der Waals surface area contributed by atoms with E-state index in [0.29, 0.717) is 31.2 Å². The molecule has 1 fully saturated rings. The molecule has 100 valence electrons. The molecular formula is C10H15N3O4S. The van der Waals surface area contributed by atoms with E-state index in [-0.39, 0.29) is 17.0 Å². The Kier molecular flexibility index (Phi) is 3.76. The van der Waals surface area contributed by atoms with E-state index in [1.807, 2.05) is 6.92 Å². The number of thioether (sulfide) groups is 1. The molecule has 2 rings (SSSR count). The fourth-order valence-electron chi connectivity index (χ4n) is 2.02. The molecule has 0 bridgehead atoms. The quantitative estimate of drug-likeness (QED) is 0.764. The molecule has 8 heteroatoms. The number of carboxylic acids is 1. The van der Waals surface area contributed by atoms with Crippen LogP contribution < -0.4 is 5.69 Å². The highest BCUT2D eigenvalue weighted by Gasteiger charge is 2.33. The molecule has 0 unspecified atom stereocenters. The number of nitrogens with one attached hydrogen (secondary N) is 1. The molecule has 1 saturated heterocycles. The molecule has 0 amide bonds. The lowest BCUT2D eigenvalue weighted by Crippen LogP contribution is -2.42. The van der Waals surface area contributed by atoms with Crippen LogP contribution in [0.2, 0.25) is 0 Å². The third-order valence-corrected chi connectivity index (χ3v) is 4.00. The van der Waals surface area contributed by atoms with Crippen LogP contribution in [0.15, 0.2) is 9.95 Å². The maximum absolute atomic E-state index is 11.8. The van der Waals surface area contributed by atoms with E-state index < -0.39 is 5.97 Å². The largest absolute Gasteiger partial charge is 0.481 e. The summed E-state index contributed by atoms with van der Waals surface area (Å²) >= 11 is 1.05. The van der Waals surface area contributed by atoms with Gasteiger partial charge in [-0.05, 0) is 19.8 Å². The second-order valence-corrected chi connectivity index (χ2v) is 5.38. The van der Waals surface area contributed by atoms with Gasteiger partial charge in [-0.1, -0.05) is 11.8 Å². The third kappa shape index (κ3) is 2.59. The summed E-state index contributed by atoms with van der Waals surface area (Å²) in [6, 6.07) is 0. The number of rotatable bonds is 4. The van der Waals surface area contributed by atoms with Crippen LogP contribution in [0.5, 0.6) is 0 Å². The summed E-state index contributed by atoms with van der Waals surface area (Å²) < 4.78 is 6.85. The second-order valence-electron chi connectivity index (χ2n) is 4.44. The minimum Gasteiger partial charge on any atom is -0.481 e. The monoisotopic (exact) mass is 273 g/mol. The molecule has 0 aliphatic carbocycles. The summed E-state index contributed by atoms with van der Waals surface area (Å²) in [4.78, 5) is 22.4. The van der Waals surface area contributed by atoms with Gasteiger partial charge in [0.15, 0.2) is 5.16 Å². The third-order valence-electron chi connectivity index (χ3n) is 3.08. The Morgan fingerprint density at radius 1 is 1.61 bits per heavy atom. The van der Waals surface area contributed by atoms with Crippen molar-refractivity contribution in [3.63, 3.8) is 0 Å². The number of H-pyrrole nitrogens is 1. The van der Waals surface area contributed by atoms with E-state index in [2.05, 4.69) is 10.2 Å². The molecule has 2 N–H and O–H groups in total. The van der Waals surface area contributed by atoms with Crippen molar-refractivity contribution in [2.45, 2.75) is 30.5 Å². The molecule has 18 heavy (non-hydrogen) atoms. The Hall–Kier alpha value is -1.28. The van der Waals surface area contributed by atoms with Gasteiger partial charge in [-0.25, -0.2) is 9.89 Å². The zero-order valence-corrected chi connectivity index (χ0v) is 10.8. The SMILES string of the molecule is CC1(n2c(SCC(=O)O)n[nH]c2=O)CCOCC1. The van der Waals surface area contributed by atoms with Crippen LogP contribution >= 0.6 is 11.8 Å². The van der Waals surface area contributed by atoms with Crippen LogP contribution in [0, 0.1) is 0 Å². The Balaban J connectivity index is 2.28. The molecule has 0 radical (unpaired) electrons. The molecule has 0 aromatic carbocycles. The second kappa shape index (κ2) is 5.15. The van der Waals surface area contributed by atoms with Crippen LogP contribution in [0.4, 0.5) is 0 Å². The molecule has 0 spiro atoms. The number of hydrogen-bond acceptors (Lipinski definition) is 5. The van der Waals surface area contributed by atoms with Crippen LogP contribution in [-0.4, -0.2) is 44.8 Å². The van der Waals surface area contributed by atoms with Crippen LogP contribution in [0.25, 0.3) is 0 Å². The Morgan fingerprint density at radius 2 is 2.28 bits per heavy atom. The summed E-state index contributed by atoms with van der Waals surface area (Å²) in [5.74, 6) is -1.05. The Labute approximate surface area is 108 Å². The van der Waals surface area contributed by atoms with Gasteiger partial charge in [0.2, 0.25) is 0 Å². The Morgan fingerprint density at radius 3 is 2.89 bits per heavy atom. The van der Waals surface area contributed by atoms with Gasteiger partial charge in [-0.2, -0.15) is 0 Å². The van der Waals surface area contributed by atoms with Crippen LogP contribution in [0.1, 0.15) is 19.8 Å². The molecular weight excluding hydrogens is 258 g/mol. The van der Waals surface area contributed by atoms with Crippen molar-refractivity contribution in [1.29, 1.82) is 0 Å². The van der Waals surface area contributed by atoms with Crippen LogP contribution in [0.3, 0.4) is 0 Å². The predicted octanol–water partition coefficient (Wildman–Crippen LogP) is 0.274. The molecule has 0 saturated carbocycles. The zero-order valence-electron chi connectivity index (χ0n) is 10.0. The minimum absolute atomic E-state index is 0.114. The first-order valence-corrected chi connectivity index (χ1v) is 6.62. The van der Waals surface area contributed by atoms with E-state index in [0.717, 1.165) is 11.8 Å². The molecule has 1 aromatic heterocycles. The highest BCUT2D eigenvalue weighted by molar-refractivity contribution is 7.99. The predicted molar refractivity (Wildman–Crippen MR) is 64.9 cm³/mol. The number of aromatic nitrogens is 3. The van der Waals surface area contributed by atoms with Crippen molar-refractivity contribution in [1.82, 2.24) is 14.8 Å². The highest BCUT2D eigenvalue weighted by atomic mass is 32.2. The van der Waals surface area contributed by atoms with E-state index in [1.165, 1.54) is 0 Å². The smallest absolute Gasteiger partial charge is 0.344 e. The van der Waals surface area contributed by atoms with Crippen molar-refractivity contribution in [2.24, 2.45) is 0 Å². The standard InChI is InChI=1S/C10H15N3O4S/c1-10(2-4-17-5-3-10)13-8(16)11-12-9(13)18-6-7(14)15/h2-6H2,1H3,(H,11,16)(H,14,15). The van der Waals surface area contributed by atoms with Crippen molar-refractivity contribution in [2.75, 3.05) is 19.0 Å². The van der Waals surface area contributed by atoms with Gasteiger partial charge >= 0.3 is 11.7 Å². The number of carbonyl (C=O) groups is 1. The summed E-state index contributed by atoms with van der Waals surface area (Å²) in [6.07, 6.45) is 1.43. The maximum atomic E-state index is 11.8. The first kappa shape index (κ1) is 13.2. The number of ether oxygens (including phenoxy) is 1. The van der Waals surface area contributed by atoms with Crippen molar-refractivity contribution >= 4 is 17.7 Å². The average molecular weight is 273 g/mol. The summed E-state index contributed by atoms with van der Waals surface area (Å²) in [7, 11) is 0. The first-order valence-electron chi connectivity index (χ1n) is 5.63. The highest BCUT2D eigenvalue weighted by Crippen LogP contribution is 2.30. The number of aromatic amines is 1. The van der Waals surface area contributed by atoms with Gasteiger partial charge in [-0.15, -0.1) is 5.10 Å². The Bertz CT molecular complexity index is 490. The van der Waals surface area contributed by atoms with Crippen molar-refractivity contribution < 1.29 is 14.6 Å². The van der Waals surface area contributed by atoms with Gasteiger partial charge in [0.05, 0.1) is 11.3 Å². The summed E-state index contributed by atoms with van der Waals surface area (Å²) in [5.41, 5.74) is -0.657. The lowest BCUT2D eigenvalue weighted by molar-refractivity contribution is -0.133. The van der Waals surface area contributed by atoms with Gasteiger partial charge in [0, 0.05) is 13.2 Å². The van der Waals surface area contributed by atoms with Gasteiger partial charge < -0.3 is 9.84 Å². The summed E-state index contributed by atoms with van der Waals surface area (Å²) in [6.45, 7) is 3.16. The van der Waals surface area contributed by atoms with E-state index in [9.17, 15) is 9.59 Å². The molecule has 1 aromatic rings. The first-order chi connectivity index (χ1) is 8.53. The molecule has 7 nitrogen and oxygen atoms in total. The molecule has 1 aliphatic rings. The minimum atomic E-state index is -0.931. The lowest BCUT2D eigenvalue weighted by atomic mass is 9.92. The van der Waals surface area contributed by atoms with Crippen molar-refractivity contribution in [3.05, 3.63) is 10.5 Å². The zero-order chi connectivity index (χ0) is 13.2. The van der Waals surface area contributed by atoms with Gasteiger partial charge in [0.1, 0.15) is 0 Å². The topological polar surface area (TPSA) is 97.2 Å². The van der Waals surface area contributed by atoms with E-state index in [1.54, 1.807) is 4.57 Å². The fourth-order valence-corrected chi connectivity index (χ4v) is 2.81. The fraction of sp³-hybridized carbons (Fsp3) is 0.700.